The third kappa shape index (κ3) is 4.96. The summed E-state index contributed by atoms with van der Waals surface area (Å²) in [5.74, 6) is 0.158. The van der Waals surface area contributed by atoms with Gasteiger partial charge >= 0.3 is 6.03 Å². The third-order valence-corrected chi connectivity index (χ3v) is 4.05. The topological polar surface area (TPSA) is 70.7 Å². The average molecular weight is 333 g/mol. The molecule has 6 nitrogen and oxygen atoms in total. The average Bonchev–Trinajstić information content (AvgIpc) is 3.02. The van der Waals surface area contributed by atoms with E-state index in [0.29, 0.717) is 32.7 Å². The zero-order chi connectivity index (χ0) is 17.4. The molecule has 0 radical (unpaired) electrons. The van der Waals surface area contributed by atoms with Crippen molar-refractivity contribution in [1.82, 2.24) is 10.6 Å². The monoisotopic (exact) mass is 333 g/mol. The number of fused-ring (bicyclic) bond motifs is 1. The minimum atomic E-state index is -0.171. The predicted molar refractivity (Wildman–Crippen MR) is 94.1 cm³/mol. The second kappa shape index (κ2) is 9.27. The number of hydrogen-bond donors (Lipinski definition) is 2. The Morgan fingerprint density at radius 1 is 1.25 bits per heavy atom. The molecule has 1 aliphatic rings. The van der Waals surface area contributed by atoms with Crippen molar-refractivity contribution in [2.45, 2.75) is 39.7 Å². The summed E-state index contributed by atoms with van der Waals surface area (Å²) in [5.41, 5.74) is 3.23. The fourth-order valence-corrected chi connectivity index (χ4v) is 2.78. The van der Waals surface area contributed by atoms with Crippen LogP contribution in [0.4, 0.5) is 10.5 Å². The molecule has 1 aromatic rings. The lowest BCUT2D eigenvalue weighted by molar-refractivity contribution is -0.118. The van der Waals surface area contributed by atoms with Gasteiger partial charge in [0, 0.05) is 45.0 Å². The van der Waals surface area contributed by atoms with Crippen LogP contribution in [0.1, 0.15) is 37.8 Å². The number of benzene rings is 1. The minimum Gasteiger partial charge on any atom is -0.382 e. The van der Waals surface area contributed by atoms with Crippen molar-refractivity contribution in [3.63, 3.8) is 0 Å². The number of nitrogens with one attached hydrogen (secondary N) is 2. The number of rotatable bonds is 8. The smallest absolute Gasteiger partial charge is 0.315 e. The van der Waals surface area contributed by atoms with Crippen LogP contribution >= 0.6 is 0 Å². The van der Waals surface area contributed by atoms with Crippen molar-refractivity contribution in [3.8, 4) is 0 Å². The van der Waals surface area contributed by atoms with E-state index in [4.69, 9.17) is 4.74 Å². The zero-order valence-corrected chi connectivity index (χ0v) is 14.6. The predicted octanol–water partition coefficient (Wildman–Crippen LogP) is 2.21. The van der Waals surface area contributed by atoms with Crippen LogP contribution in [0.3, 0.4) is 0 Å². The summed E-state index contributed by atoms with van der Waals surface area (Å²) in [7, 11) is 0. The molecule has 1 aliphatic heterocycles. The van der Waals surface area contributed by atoms with Crippen molar-refractivity contribution < 1.29 is 14.3 Å². The third-order valence-electron chi connectivity index (χ3n) is 4.05. The largest absolute Gasteiger partial charge is 0.382 e. The molecule has 1 heterocycles. The Labute approximate surface area is 143 Å². The number of anilines is 1. The molecule has 0 bridgehead atoms. The van der Waals surface area contributed by atoms with Crippen molar-refractivity contribution in [3.05, 3.63) is 29.3 Å². The molecule has 1 aromatic carbocycles. The first-order chi connectivity index (χ1) is 11.7. The molecular weight excluding hydrogens is 306 g/mol. The number of carbonyl (C=O) groups excluding carboxylic acids is 2. The highest BCUT2D eigenvalue weighted by Gasteiger charge is 2.23. The van der Waals surface area contributed by atoms with Crippen LogP contribution in [0.5, 0.6) is 0 Å². The molecule has 0 spiro atoms. The van der Waals surface area contributed by atoms with E-state index in [1.54, 1.807) is 0 Å². The van der Waals surface area contributed by atoms with E-state index in [1.165, 1.54) is 5.56 Å². The first-order valence-corrected chi connectivity index (χ1v) is 8.67. The normalized spacial score (nSPS) is 12.8. The Bertz CT molecular complexity index is 575. The standard InChI is InChI=1S/C18H27N3O3/c1-3-17(22)21-10-8-15-12-14(6-7-16(15)21)13-20-18(23)19-9-5-11-24-4-2/h6-7,12H,3-5,8-11,13H2,1-2H3,(H2,19,20,23). The molecule has 0 saturated carbocycles. The summed E-state index contributed by atoms with van der Waals surface area (Å²) in [6.07, 6.45) is 2.20. The number of hydrogen-bond acceptors (Lipinski definition) is 3. The summed E-state index contributed by atoms with van der Waals surface area (Å²) in [6.45, 7) is 7.02. The van der Waals surface area contributed by atoms with E-state index in [9.17, 15) is 9.59 Å². The molecule has 0 aliphatic carbocycles. The molecule has 2 rings (SSSR count). The Hall–Kier alpha value is -2.08. The van der Waals surface area contributed by atoms with Gasteiger partial charge in [-0.15, -0.1) is 0 Å². The second-order valence-electron chi connectivity index (χ2n) is 5.77. The van der Waals surface area contributed by atoms with E-state index >= 15 is 0 Å². The Balaban J connectivity index is 1.78. The van der Waals surface area contributed by atoms with Crippen LogP contribution in [0.15, 0.2) is 18.2 Å². The van der Waals surface area contributed by atoms with E-state index in [0.717, 1.165) is 30.6 Å². The molecule has 0 atom stereocenters. The number of ether oxygens (including phenoxy) is 1. The first kappa shape index (κ1) is 18.3. The first-order valence-electron chi connectivity index (χ1n) is 8.67. The van der Waals surface area contributed by atoms with Crippen molar-refractivity contribution in [1.29, 1.82) is 0 Å². The van der Waals surface area contributed by atoms with Gasteiger partial charge in [0.05, 0.1) is 0 Å². The van der Waals surface area contributed by atoms with Gasteiger partial charge in [-0.05, 0) is 37.0 Å². The van der Waals surface area contributed by atoms with Crippen LogP contribution < -0.4 is 15.5 Å². The van der Waals surface area contributed by atoms with Gasteiger partial charge < -0.3 is 20.3 Å². The Kier molecular flexibility index (Phi) is 7.06. The molecule has 0 fully saturated rings. The second-order valence-corrected chi connectivity index (χ2v) is 5.77. The van der Waals surface area contributed by atoms with E-state index in [-0.39, 0.29) is 11.9 Å². The van der Waals surface area contributed by atoms with Crippen LogP contribution in [-0.2, 0) is 22.5 Å². The maximum absolute atomic E-state index is 11.9. The number of urea groups is 1. The van der Waals surface area contributed by atoms with Gasteiger partial charge in [-0.1, -0.05) is 19.1 Å². The van der Waals surface area contributed by atoms with E-state index < -0.39 is 0 Å². The fraction of sp³-hybridized carbons (Fsp3) is 0.556. The quantitative estimate of drug-likeness (QED) is 0.717. The molecule has 2 N–H and O–H groups in total. The summed E-state index contributed by atoms with van der Waals surface area (Å²) < 4.78 is 5.22. The Morgan fingerprint density at radius 3 is 2.83 bits per heavy atom. The van der Waals surface area contributed by atoms with Gasteiger partial charge in [0.2, 0.25) is 5.91 Å². The summed E-state index contributed by atoms with van der Waals surface area (Å²) in [6, 6.07) is 5.85. The summed E-state index contributed by atoms with van der Waals surface area (Å²) >= 11 is 0. The lowest BCUT2D eigenvalue weighted by atomic mass is 10.1. The van der Waals surface area contributed by atoms with Gasteiger partial charge in [-0.2, -0.15) is 0 Å². The van der Waals surface area contributed by atoms with Crippen LogP contribution in [-0.4, -0.2) is 38.2 Å². The Morgan fingerprint density at radius 2 is 2.08 bits per heavy atom. The van der Waals surface area contributed by atoms with Gasteiger partial charge in [0.15, 0.2) is 0 Å². The van der Waals surface area contributed by atoms with Gasteiger partial charge in [0.25, 0.3) is 0 Å². The highest BCUT2D eigenvalue weighted by atomic mass is 16.5. The molecule has 132 valence electrons. The maximum Gasteiger partial charge on any atom is 0.315 e. The number of carbonyl (C=O) groups is 2. The highest BCUT2D eigenvalue weighted by Crippen LogP contribution is 2.29. The SMILES string of the molecule is CCOCCCNC(=O)NCc1ccc2c(c1)CCN2C(=O)CC. The summed E-state index contributed by atoms with van der Waals surface area (Å²) in [5, 5.41) is 5.67. The number of nitrogens with zero attached hydrogens (tertiary/aromatic N) is 1. The van der Waals surface area contributed by atoms with Crippen LogP contribution in [0.25, 0.3) is 0 Å². The van der Waals surface area contributed by atoms with Gasteiger partial charge in [-0.3, -0.25) is 4.79 Å². The van der Waals surface area contributed by atoms with Crippen LogP contribution in [0.2, 0.25) is 0 Å². The fourth-order valence-electron chi connectivity index (χ4n) is 2.78. The lowest BCUT2D eigenvalue weighted by Gasteiger charge is -2.16. The highest BCUT2D eigenvalue weighted by molar-refractivity contribution is 5.95. The molecule has 24 heavy (non-hydrogen) atoms. The number of amides is 3. The zero-order valence-electron chi connectivity index (χ0n) is 14.6. The molecular formula is C18H27N3O3. The van der Waals surface area contributed by atoms with Gasteiger partial charge in [-0.25, -0.2) is 4.79 Å². The molecule has 6 heteroatoms. The van der Waals surface area contributed by atoms with E-state index in [2.05, 4.69) is 16.7 Å². The minimum absolute atomic E-state index is 0.158. The molecule has 0 unspecified atom stereocenters. The van der Waals surface area contributed by atoms with Crippen molar-refractivity contribution >= 4 is 17.6 Å². The van der Waals surface area contributed by atoms with Crippen molar-refractivity contribution in [2.24, 2.45) is 0 Å². The van der Waals surface area contributed by atoms with E-state index in [1.807, 2.05) is 30.9 Å². The lowest BCUT2D eigenvalue weighted by Crippen LogP contribution is -2.35. The van der Waals surface area contributed by atoms with Gasteiger partial charge in [0.1, 0.15) is 0 Å². The maximum atomic E-state index is 11.9. The molecule has 3 amide bonds. The molecule has 0 aromatic heterocycles. The summed E-state index contributed by atoms with van der Waals surface area (Å²) in [4.78, 5) is 25.5. The van der Waals surface area contributed by atoms with Crippen LogP contribution in [0, 0.1) is 0 Å². The van der Waals surface area contributed by atoms with Crippen molar-refractivity contribution in [2.75, 3.05) is 31.2 Å². The molecule has 0 saturated heterocycles.